The highest BCUT2D eigenvalue weighted by molar-refractivity contribution is 8.00. The molecule has 0 atom stereocenters. The highest BCUT2D eigenvalue weighted by atomic mass is 32.2. The van der Waals surface area contributed by atoms with E-state index in [1.54, 1.807) is 0 Å². The van der Waals surface area contributed by atoms with E-state index in [0.29, 0.717) is 0 Å². The second-order valence-corrected chi connectivity index (χ2v) is 6.49. The monoisotopic (exact) mass is 315 g/mol. The maximum absolute atomic E-state index is 12.2. The van der Waals surface area contributed by atoms with Crippen LogP contribution >= 0.6 is 11.8 Å². The molecule has 2 aromatic rings. The lowest BCUT2D eigenvalue weighted by atomic mass is 10.1. The number of thioether (sulfide) groups is 1. The van der Waals surface area contributed by atoms with Gasteiger partial charge in [-0.05, 0) is 35.7 Å². The van der Waals surface area contributed by atoms with Gasteiger partial charge in [-0.15, -0.1) is 11.8 Å². The van der Waals surface area contributed by atoms with Crippen molar-refractivity contribution in [3.8, 4) is 0 Å². The Morgan fingerprint density at radius 1 is 1.14 bits per heavy atom. The fourth-order valence-electron chi connectivity index (χ4n) is 2.44. The Morgan fingerprint density at radius 3 is 2.55 bits per heavy atom. The van der Waals surface area contributed by atoms with Crippen LogP contribution in [0, 0.1) is 0 Å². The standard InChI is InChI=1S/C17H17NO3S/c19-16(18(10-17(20)21)14-6-7-14)11-22-15-8-5-12-3-1-2-4-13(12)9-15/h1-5,8-9,14H,6-7,10-11H2,(H,20,21). The Labute approximate surface area is 133 Å². The van der Waals surface area contributed by atoms with Crippen molar-refractivity contribution in [1.82, 2.24) is 4.90 Å². The van der Waals surface area contributed by atoms with Crippen LogP contribution in [0.1, 0.15) is 12.8 Å². The molecule has 5 heteroatoms. The first-order valence-corrected chi connectivity index (χ1v) is 8.25. The third-order valence-electron chi connectivity index (χ3n) is 3.70. The van der Waals surface area contributed by atoms with Gasteiger partial charge in [0.15, 0.2) is 0 Å². The van der Waals surface area contributed by atoms with Crippen LogP contribution in [-0.2, 0) is 9.59 Å². The van der Waals surface area contributed by atoms with Gasteiger partial charge in [0.25, 0.3) is 0 Å². The number of rotatable bonds is 6. The van der Waals surface area contributed by atoms with Crippen LogP contribution in [-0.4, -0.2) is 40.2 Å². The summed E-state index contributed by atoms with van der Waals surface area (Å²) < 4.78 is 0. The molecule has 4 nitrogen and oxygen atoms in total. The second-order valence-electron chi connectivity index (χ2n) is 5.44. The van der Waals surface area contributed by atoms with E-state index in [1.165, 1.54) is 22.0 Å². The summed E-state index contributed by atoms with van der Waals surface area (Å²) in [4.78, 5) is 25.6. The lowest BCUT2D eigenvalue weighted by molar-refractivity contribution is -0.143. The van der Waals surface area contributed by atoms with Gasteiger partial charge in [-0.25, -0.2) is 0 Å². The van der Waals surface area contributed by atoms with Crippen LogP contribution in [0.5, 0.6) is 0 Å². The zero-order valence-corrected chi connectivity index (χ0v) is 12.9. The van der Waals surface area contributed by atoms with Gasteiger partial charge >= 0.3 is 5.97 Å². The van der Waals surface area contributed by atoms with Crippen molar-refractivity contribution in [2.45, 2.75) is 23.8 Å². The van der Waals surface area contributed by atoms with E-state index >= 15 is 0 Å². The van der Waals surface area contributed by atoms with Crippen molar-refractivity contribution in [2.24, 2.45) is 0 Å². The topological polar surface area (TPSA) is 57.6 Å². The van der Waals surface area contributed by atoms with Gasteiger partial charge in [-0.2, -0.15) is 0 Å². The molecule has 0 unspecified atom stereocenters. The summed E-state index contributed by atoms with van der Waals surface area (Å²) in [5, 5.41) is 11.2. The van der Waals surface area contributed by atoms with E-state index in [9.17, 15) is 9.59 Å². The first-order chi connectivity index (χ1) is 10.6. The van der Waals surface area contributed by atoms with E-state index in [-0.39, 0.29) is 24.2 Å². The largest absolute Gasteiger partial charge is 0.480 e. The zero-order valence-electron chi connectivity index (χ0n) is 12.1. The molecule has 1 aliphatic rings. The molecule has 1 amide bonds. The molecule has 0 aromatic heterocycles. The van der Waals surface area contributed by atoms with E-state index in [4.69, 9.17) is 5.11 Å². The van der Waals surface area contributed by atoms with E-state index in [2.05, 4.69) is 12.1 Å². The smallest absolute Gasteiger partial charge is 0.323 e. The van der Waals surface area contributed by atoms with Gasteiger partial charge in [-0.3, -0.25) is 9.59 Å². The average molecular weight is 315 g/mol. The maximum atomic E-state index is 12.2. The summed E-state index contributed by atoms with van der Waals surface area (Å²) in [5.41, 5.74) is 0. The number of carbonyl (C=O) groups is 2. The molecule has 22 heavy (non-hydrogen) atoms. The summed E-state index contributed by atoms with van der Waals surface area (Å²) in [6.07, 6.45) is 1.83. The van der Waals surface area contributed by atoms with Gasteiger partial charge in [-0.1, -0.05) is 30.3 Å². The molecule has 1 saturated carbocycles. The number of carboxylic acid groups (broad SMARTS) is 1. The quantitative estimate of drug-likeness (QED) is 0.833. The van der Waals surface area contributed by atoms with Gasteiger partial charge in [0.2, 0.25) is 5.91 Å². The number of hydrogen-bond acceptors (Lipinski definition) is 3. The Bertz CT molecular complexity index is 712. The summed E-state index contributed by atoms with van der Waals surface area (Å²) in [6, 6.07) is 14.3. The van der Waals surface area contributed by atoms with Crippen molar-refractivity contribution in [3.05, 3.63) is 42.5 Å². The van der Waals surface area contributed by atoms with Crippen LogP contribution in [0.2, 0.25) is 0 Å². The molecular formula is C17H17NO3S. The van der Waals surface area contributed by atoms with Crippen molar-refractivity contribution in [1.29, 1.82) is 0 Å². The molecule has 0 spiro atoms. The number of fused-ring (bicyclic) bond motifs is 1. The molecule has 0 heterocycles. The maximum Gasteiger partial charge on any atom is 0.323 e. The normalized spacial score (nSPS) is 14.0. The van der Waals surface area contributed by atoms with Crippen LogP contribution in [0.15, 0.2) is 47.4 Å². The van der Waals surface area contributed by atoms with E-state index in [1.807, 2.05) is 30.3 Å². The van der Waals surface area contributed by atoms with Gasteiger partial charge < -0.3 is 10.0 Å². The Kier molecular flexibility index (Phi) is 4.34. The predicted molar refractivity (Wildman–Crippen MR) is 87.0 cm³/mol. The van der Waals surface area contributed by atoms with Crippen molar-refractivity contribution in [2.75, 3.05) is 12.3 Å². The highest BCUT2D eigenvalue weighted by Crippen LogP contribution is 2.29. The Hall–Kier alpha value is -2.01. The number of carboxylic acids is 1. The number of amides is 1. The molecular weight excluding hydrogens is 298 g/mol. The van der Waals surface area contributed by atoms with E-state index in [0.717, 1.165) is 23.1 Å². The van der Waals surface area contributed by atoms with Crippen LogP contribution in [0.4, 0.5) is 0 Å². The number of hydrogen-bond donors (Lipinski definition) is 1. The molecule has 0 radical (unpaired) electrons. The van der Waals surface area contributed by atoms with Crippen molar-refractivity contribution in [3.63, 3.8) is 0 Å². The third kappa shape index (κ3) is 3.60. The van der Waals surface area contributed by atoms with Gasteiger partial charge in [0.05, 0.1) is 5.75 Å². The minimum Gasteiger partial charge on any atom is -0.480 e. The Balaban J connectivity index is 1.64. The van der Waals surface area contributed by atoms with Gasteiger partial charge in [0, 0.05) is 10.9 Å². The van der Waals surface area contributed by atoms with Gasteiger partial charge in [0.1, 0.15) is 6.54 Å². The number of nitrogens with zero attached hydrogens (tertiary/aromatic N) is 1. The first kappa shape index (κ1) is 14.9. The molecule has 1 N–H and O–H groups in total. The number of carbonyl (C=O) groups excluding carboxylic acids is 1. The fourth-order valence-corrected chi connectivity index (χ4v) is 3.27. The molecule has 1 aliphatic carbocycles. The zero-order chi connectivity index (χ0) is 15.5. The second kappa shape index (κ2) is 6.40. The lowest BCUT2D eigenvalue weighted by Gasteiger charge is -2.19. The van der Waals surface area contributed by atoms with Crippen molar-refractivity contribution < 1.29 is 14.7 Å². The molecule has 2 aromatic carbocycles. The highest BCUT2D eigenvalue weighted by Gasteiger charge is 2.33. The molecule has 114 valence electrons. The van der Waals surface area contributed by atoms with Crippen LogP contribution < -0.4 is 0 Å². The minimum atomic E-state index is -0.948. The molecule has 0 aliphatic heterocycles. The summed E-state index contributed by atoms with van der Waals surface area (Å²) in [5.74, 6) is -0.763. The van der Waals surface area contributed by atoms with Crippen LogP contribution in [0.25, 0.3) is 10.8 Å². The third-order valence-corrected chi connectivity index (χ3v) is 4.68. The molecule has 0 saturated heterocycles. The number of benzene rings is 2. The molecule has 3 rings (SSSR count). The van der Waals surface area contributed by atoms with E-state index < -0.39 is 5.97 Å². The summed E-state index contributed by atoms with van der Waals surface area (Å²) in [6.45, 7) is -0.193. The average Bonchev–Trinajstić information content (AvgIpc) is 3.34. The summed E-state index contributed by atoms with van der Waals surface area (Å²) in [7, 11) is 0. The molecule has 0 bridgehead atoms. The SMILES string of the molecule is O=C(O)CN(C(=O)CSc1ccc2ccccc2c1)C1CC1. The Morgan fingerprint density at radius 2 is 1.86 bits per heavy atom. The first-order valence-electron chi connectivity index (χ1n) is 7.26. The predicted octanol–water partition coefficient (Wildman–Crippen LogP) is 3.01. The van der Waals surface area contributed by atoms with Crippen LogP contribution in [0.3, 0.4) is 0 Å². The lowest BCUT2D eigenvalue weighted by Crippen LogP contribution is -2.38. The summed E-state index contributed by atoms with van der Waals surface area (Å²) >= 11 is 1.46. The van der Waals surface area contributed by atoms with Crippen molar-refractivity contribution >= 4 is 34.4 Å². The fraction of sp³-hybridized carbons (Fsp3) is 0.294. The molecule has 1 fully saturated rings. The minimum absolute atomic E-state index is 0.0944. The number of aliphatic carboxylic acids is 1.